The van der Waals surface area contributed by atoms with Gasteiger partial charge < -0.3 is 21.3 Å². The van der Waals surface area contributed by atoms with Crippen molar-refractivity contribution in [2.45, 2.75) is 71.9 Å². The second-order valence-corrected chi connectivity index (χ2v) is 7.73. The molecule has 0 radical (unpaired) electrons. The quantitative estimate of drug-likeness (QED) is 0.444. The van der Waals surface area contributed by atoms with Crippen LogP contribution in [-0.2, 0) is 14.4 Å². The van der Waals surface area contributed by atoms with Crippen molar-refractivity contribution in [3.8, 4) is 0 Å². The second kappa shape index (κ2) is 11.7. The molecule has 27 heavy (non-hydrogen) atoms. The summed E-state index contributed by atoms with van der Waals surface area (Å²) in [6.45, 7) is 9.48. The van der Waals surface area contributed by atoms with Crippen LogP contribution in [0.1, 0.15) is 59.8 Å². The Morgan fingerprint density at radius 1 is 1.33 bits per heavy atom. The van der Waals surface area contributed by atoms with Crippen molar-refractivity contribution in [3.63, 3.8) is 0 Å². The highest BCUT2D eigenvalue weighted by molar-refractivity contribution is 5.92. The number of rotatable bonds is 12. The average molecular weight is 381 g/mol. The number of nitrogens with two attached hydrogens (primary N) is 1. The van der Waals surface area contributed by atoms with Crippen LogP contribution in [0.5, 0.6) is 0 Å². The van der Waals surface area contributed by atoms with E-state index in [9.17, 15) is 14.4 Å². The van der Waals surface area contributed by atoms with Gasteiger partial charge in [0, 0.05) is 6.54 Å². The molecule has 3 amide bonds. The Labute approximate surface area is 163 Å². The summed E-state index contributed by atoms with van der Waals surface area (Å²) in [5, 5.41) is 5.90. The van der Waals surface area contributed by atoms with Crippen molar-refractivity contribution < 1.29 is 14.4 Å². The molecular weight excluding hydrogens is 344 g/mol. The van der Waals surface area contributed by atoms with Gasteiger partial charge in [0.2, 0.25) is 17.7 Å². The highest BCUT2D eigenvalue weighted by Crippen LogP contribution is 2.19. The summed E-state index contributed by atoms with van der Waals surface area (Å²) >= 11 is 0. The molecule has 1 aliphatic rings. The van der Waals surface area contributed by atoms with E-state index in [0.717, 1.165) is 25.8 Å². The Balaban J connectivity index is 2.54. The number of carbonyl (C=O) groups is 3. The van der Waals surface area contributed by atoms with E-state index in [0.29, 0.717) is 25.3 Å². The predicted octanol–water partition coefficient (Wildman–Crippen LogP) is 1.33. The van der Waals surface area contributed by atoms with Crippen molar-refractivity contribution in [3.05, 3.63) is 11.6 Å². The van der Waals surface area contributed by atoms with Crippen LogP contribution >= 0.6 is 0 Å². The van der Waals surface area contributed by atoms with Crippen molar-refractivity contribution in [2.24, 2.45) is 11.7 Å². The molecule has 1 rings (SSSR count). The second-order valence-electron chi connectivity index (χ2n) is 7.73. The number of nitrogens with zero attached hydrogens (tertiary/aromatic N) is 1. The minimum atomic E-state index is -0.590. The first-order valence-electron chi connectivity index (χ1n) is 9.99. The van der Waals surface area contributed by atoms with Crippen molar-refractivity contribution in [1.29, 1.82) is 0 Å². The molecule has 0 aromatic rings. The van der Waals surface area contributed by atoms with Gasteiger partial charge in [0.15, 0.2) is 0 Å². The molecule has 0 saturated carbocycles. The standard InChI is InChI=1S/C20H36N4O3/c1-5-7-17(19(26)23-13-18(21)25)24-11-10-16(20(24)27)22-12-15(4)9-6-8-14(2)3/h8,15-17,22H,5-7,9-13H2,1-4H3,(H2,21,25)(H,23,26)/t15?,16-,17+/m1/s1. The fourth-order valence-electron chi connectivity index (χ4n) is 3.30. The van der Waals surface area contributed by atoms with Crippen molar-refractivity contribution in [1.82, 2.24) is 15.5 Å². The van der Waals surface area contributed by atoms with Crippen molar-refractivity contribution in [2.75, 3.05) is 19.6 Å². The van der Waals surface area contributed by atoms with Gasteiger partial charge in [-0.2, -0.15) is 0 Å². The largest absolute Gasteiger partial charge is 0.368 e. The van der Waals surface area contributed by atoms with Gasteiger partial charge in [-0.1, -0.05) is 31.9 Å². The summed E-state index contributed by atoms with van der Waals surface area (Å²) in [6.07, 6.45) is 6.41. The number of nitrogens with one attached hydrogen (secondary N) is 2. The Morgan fingerprint density at radius 2 is 2.04 bits per heavy atom. The third-order valence-electron chi connectivity index (χ3n) is 4.84. The zero-order chi connectivity index (χ0) is 20.4. The van der Waals surface area contributed by atoms with Gasteiger partial charge in [-0.05, 0) is 52.0 Å². The zero-order valence-electron chi connectivity index (χ0n) is 17.2. The normalized spacial score (nSPS) is 18.9. The van der Waals surface area contributed by atoms with Crippen LogP contribution in [0.3, 0.4) is 0 Å². The van der Waals surface area contributed by atoms with Crippen LogP contribution < -0.4 is 16.4 Å². The molecule has 1 heterocycles. The number of amides is 3. The first-order chi connectivity index (χ1) is 12.8. The van der Waals surface area contributed by atoms with Gasteiger partial charge in [0.05, 0.1) is 12.6 Å². The molecule has 0 aromatic heterocycles. The van der Waals surface area contributed by atoms with Gasteiger partial charge >= 0.3 is 0 Å². The van der Waals surface area contributed by atoms with E-state index in [1.54, 1.807) is 4.90 Å². The Bertz CT molecular complexity index is 543. The summed E-state index contributed by atoms with van der Waals surface area (Å²) in [5.41, 5.74) is 6.42. The van der Waals surface area contributed by atoms with E-state index in [4.69, 9.17) is 5.73 Å². The first kappa shape index (κ1) is 23.1. The number of hydrogen-bond donors (Lipinski definition) is 3. The number of likely N-dealkylation sites (tertiary alicyclic amines) is 1. The Kier molecular flexibility index (Phi) is 10.1. The molecule has 154 valence electrons. The van der Waals surface area contributed by atoms with E-state index in [1.165, 1.54) is 5.57 Å². The molecule has 1 saturated heterocycles. The fourth-order valence-corrected chi connectivity index (χ4v) is 3.30. The average Bonchev–Trinajstić information content (AvgIpc) is 2.96. The molecule has 4 N–H and O–H groups in total. The molecule has 1 unspecified atom stereocenters. The molecule has 7 nitrogen and oxygen atoms in total. The number of primary amides is 1. The topological polar surface area (TPSA) is 105 Å². The third-order valence-corrected chi connectivity index (χ3v) is 4.84. The summed E-state index contributed by atoms with van der Waals surface area (Å²) in [4.78, 5) is 37.7. The van der Waals surface area contributed by atoms with Crippen LogP contribution in [0.4, 0.5) is 0 Å². The van der Waals surface area contributed by atoms with Gasteiger partial charge in [-0.15, -0.1) is 0 Å². The highest BCUT2D eigenvalue weighted by Gasteiger charge is 2.38. The van der Waals surface area contributed by atoms with Crippen LogP contribution in [0, 0.1) is 5.92 Å². The minimum Gasteiger partial charge on any atom is -0.368 e. The summed E-state index contributed by atoms with van der Waals surface area (Å²) in [6, 6.07) is -0.775. The van der Waals surface area contributed by atoms with Gasteiger partial charge in [0.1, 0.15) is 6.04 Å². The maximum absolute atomic E-state index is 12.8. The van der Waals surface area contributed by atoms with Gasteiger partial charge in [-0.3, -0.25) is 14.4 Å². The molecule has 7 heteroatoms. The lowest BCUT2D eigenvalue weighted by Crippen LogP contribution is -2.51. The fraction of sp³-hybridized carbons (Fsp3) is 0.750. The Hall–Kier alpha value is -1.89. The Morgan fingerprint density at radius 3 is 2.63 bits per heavy atom. The maximum atomic E-state index is 12.8. The van der Waals surface area contributed by atoms with E-state index in [2.05, 4.69) is 37.5 Å². The van der Waals surface area contributed by atoms with Gasteiger partial charge in [-0.25, -0.2) is 0 Å². The molecule has 0 spiro atoms. The predicted molar refractivity (Wildman–Crippen MR) is 107 cm³/mol. The first-order valence-corrected chi connectivity index (χ1v) is 9.99. The number of carbonyl (C=O) groups excluding carboxylic acids is 3. The molecule has 1 fully saturated rings. The van der Waals surface area contributed by atoms with Gasteiger partial charge in [0.25, 0.3) is 0 Å². The van der Waals surface area contributed by atoms with Crippen LogP contribution in [0.2, 0.25) is 0 Å². The smallest absolute Gasteiger partial charge is 0.243 e. The van der Waals surface area contributed by atoms with E-state index < -0.39 is 11.9 Å². The summed E-state index contributed by atoms with van der Waals surface area (Å²) in [5.74, 6) is -0.445. The monoisotopic (exact) mass is 380 g/mol. The third kappa shape index (κ3) is 8.12. The maximum Gasteiger partial charge on any atom is 0.243 e. The zero-order valence-corrected chi connectivity index (χ0v) is 17.2. The number of hydrogen-bond acceptors (Lipinski definition) is 4. The molecular formula is C20H36N4O3. The molecule has 1 aliphatic heterocycles. The number of allylic oxidation sites excluding steroid dienone is 2. The highest BCUT2D eigenvalue weighted by atomic mass is 16.2. The molecule has 0 aromatic carbocycles. The molecule has 0 aliphatic carbocycles. The lowest BCUT2D eigenvalue weighted by Gasteiger charge is -2.27. The minimum absolute atomic E-state index is 0.0285. The van der Waals surface area contributed by atoms with Crippen LogP contribution in [-0.4, -0.2) is 54.3 Å². The summed E-state index contributed by atoms with van der Waals surface area (Å²) < 4.78 is 0. The SMILES string of the molecule is CCC[C@@H](C(=O)NCC(N)=O)N1CC[C@@H](NCC(C)CCC=C(C)C)C1=O. The molecule has 0 bridgehead atoms. The van der Waals surface area contributed by atoms with E-state index in [1.807, 2.05) is 6.92 Å². The van der Waals surface area contributed by atoms with Crippen molar-refractivity contribution >= 4 is 17.7 Å². The molecule has 3 atom stereocenters. The van der Waals surface area contributed by atoms with Crippen LogP contribution in [0.25, 0.3) is 0 Å². The lowest BCUT2D eigenvalue weighted by molar-refractivity contribution is -0.139. The van der Waals surface area contributed by atoms with E-state index >= 15 is 0 Å². The van der Waals surface area contributed by atoms with E-state index in [-0.39, 0.29) is 24.4 Å². The summed E-state index contributed by atoms with van der Waals surface area (Å²) in [7, 11) is 0. The van der Waals surface area contributed by atoms with Crippen LogP contribution in [0.15, 0.2) is 11.6 Å². The lowest BCUT2D eigenvalue weighted by atomic mass is 10.0.